The third-order valence-electron chi connectivity index (χ3n) is 8.72. The van der Waals surface area contributed by atoms with E-state index in [1.54, 1.807) is 0 Å². The fourth-order valence-corrected chi connectivity index (χ4v) is 5.74. The molecule has 43 heavy (non-hydrogen) atoms. The number of carbonyl (C=O) groups excluding carboxylic acids is 1. The van der Waals surface area contributed by atoms with Crippen molar-refractivity contribution in [3.8, 4) is 0 Å². The van der Waals surface area contributed by atoms with Gasteiger partial charge in [0.05, 0.1) is 18.8 Å². The van der Waals surface area contributed by atoms with Crippen molar-refractivity contribution in [2.45, 2.75) is 212 Å². The standard InChI is InChI=1S/C39H75NO3/c1-3-5-7-9-11-13-15-16-17-18-19-20-21-22-23-24-25-27-29-31-33-35-39(43)40-37(36-41)38(42)34-32-30-28-26-14-12-10-8-6-4-2/h15-16,18-19,37-38,41-42H,3-14,17,20-36H2,1-2H3,(H,40,43)/b16-15-,19-18-. The van der Waals surface area contributed by atoms with E-state index >= 15 is 0 Å². The molecule has 4 heteroatoms. The average molecular weight is 606 g/mol. The molecule has 0 aromatic rings. The van der Waals surface area contributed by atoms with Crippen LogP contribution in [-0.4, -0.2) is 34.9 Å². The van der Waals surface area contributed by atoms with E-state index in [0.717, 1.165) is 32.1 Å². The minimum absolute atomic E-state index is 0.0379. The molecule has 0 heterocycles. The lowest BCUT2D eigenvalue weighted by atomic mass is 10.0. The van der Waals surface area contributed by atoms with E-state index < -0.39 is 12.1 Å². The number of amides is 1. The van der Waals surface area contributed by atoms with Crippen molar-refractivity contribution in [2.75, 3.05) is 6.61 Å². The van der Waals surface area contributed by atoms with Crippen LogP contribution in [0.4, 0.5) is 0 Å². The Hall–Kier alpha value is -1.13. The molecule has 0 radical (unpaired) electrons. The number of carbonyl (C=O) groups is 1. The van der Waals surface area contributed by atoms with Crippen molar-refractivity contribution >= 4 is 5.91 Å². The van der Waals surface area contributed by atoms with Gasteiger partial charge in [0, 0.05) is 6.42 Å². The molecule has 0 aromatic heterocycles. The SMILES string of the molecule is CCCCCCC/C=C\C/C=C\CCCCCCCCCCCC(=O)NC(CO)C(O)CCCCCCCCCCCC. The highest BCUT2D eigenvalue weighted by atomic mass is 16.3. The second kappa shape index (κ2) is 35.4. The molecule has 2 unspecified atom stereocenters. The molecule has 0 fully saturated rings. The third kappa shape index (κ3) is 32.1. The quantitative estimate of drug-likeness (QED) is 0.0505. The number of aliphatic hydroxyl groups is 2. The first kappa shape index (κ1) is 41.9. The topological polar surface area (TPSA) is 69.6 Å². The molecule has 0 saturated carbocycles. The van der Waals surface area contributed by atoms with Crippen molar-refractivity contribution in [2.24, 2.45) is 0 Å². The van der Waals surface area contributed by atoms with Crippen LogP contribution >= 0.6 is 0 Å². The molecule has 4 nitrogen and oxygen atoms in total. The van der Waals surface area contributed by atoms with Gasteiger partial charge in [-0.2, -0.15) is 0 Å². The van der Waals surface area contributed by atoms with Crippen molar-refractivity contribution < 1.29 is 15.0 Å². The number of hydrogen-bond donors (Lipinski definition) is 3. The summed E-state index contributed by atoms with van der Waals surface area (Å²) in [6.07, 6.45) is 43.8. The Labute approximate surface area is 269 Å². The highest BCUT2D eigenvalue weighted by molar-refractivity contribution is 5.76. The summed E-state index contributed by atoms with van der Waals surface area (Å²) in [5, 5.41) is 23.0. The van der Waals surface area contributed by atoms with Gasteiger partial charge in [0.1, 0.15) is 0 Å². The summed E-state index contributed by atoms with van der Waals surface area (Å²) < 4.78 is 0. The van der Waals surface area contributed by atoms with Gasteiger partial charge in [0.2, 0.25) is 5.91 Å². The highest BCUT2D eigenvalue weighted by Crippen LogP contribution is 2.14. The van der Waals surface area contributed by atoms with Crippen LogP contribution in [0.15, 0.2) is 24.3 Å². The lowest BCUT2D eigenvalue weighted by molar-refractivity contribution is -0.123. The molecule has 0 aliphatic heterocycles. The number of hydrogen-bond acceptors (Lipinski definition) is 3. The maximum absolute atomic E-state index is 12.3. The molecule has 0 rings (SSSR count). The van der Waals surface area contributed by atoms with Crippen LogP contribution < -0.4 is 5.32 Å². The van der Waals surface area contributed by atoms with E-state index in [4.69, 9.17) is 0 Å². The predicted octanol–water partition coefficient (Wildman–Crippen LogP) is 11.3. The van der Waals surface area contributed by atoms with Crippen LogP contribution in [0, 0.1) is 0 Å². The fourth-order valence-electron chi connectivity index (χ4n) is 5.74. The van der Waals surface area contributed by atoms with Gasteiger partial charge in [-0.05, 0) is 44.9 Å². The summed E-state index contributed by atoms with van der Waals surface area (Å²) in [6.45, 7) is 4.33. The van der Waals surface area contributed by atoms with Crippen molar-refractivity contribution in [1.82, 2.24) is 5.32 Å². The van der Waals surface area contributed by atoms with Crippen LogP contribution in [0.2, 0.25) is 0 Å². The molecular formula is C39H75NO3. The Morgan fingerprint density at radius 3 is 1.40 bits per heavy atom. The largest absolute Gasteiger partial charge is 0.394 e. The normalized spacial score (nSPS) is 13.3. The van der Waals surface area contributed by atoms with Gasteiger partial charge >= 0.3 is 0 Å². The van der Waals surface area contributed by atoms with Gasteiger partial charge in [-0.3, -0.25) is 4.79 Å². The van der Waals surface area contributed by atoms with E-state index in [0.29, 0.717) is 12.8 Å². The number of allylic oxidation sites excluding steroid dienone is 4. The molecule has 254 valence electrons. The summed E-state index contributed by atoms with van der Waals surface area (Å²) in [5.74, 6) is -0.0379. The van der Waals surface area contributed by atoms with Gasteiger partial charge < -0.3 is 15.5 Å². The number of aliphatic hydroxyl groups excluding tert-OH is 2. The number of rotatable bonds is 34. The van der Waals surface area contributed by atoms with Crippen molar-refractivity contribution in [1.29, 1.82) is 0 Å². The summed E-state index contributed by atoms with van der Waals surface area (Å²) in [4.78, 5) is 12.3. The van der Waals surface area contributed by atoms with Crippen LogP contribution in [-0.2, 0) is 4.79 Å². The molecule has 1 amide bonds. The molecule has 0 saturated heterocycles. The second-order valence-corrected chi connectivity index (χ2v) is 13.0. The minimum Gasteiger partial charge on any atom is -0.394 e. The van der Waals surface area contributed by atoms with E-state index in [1.165, 1.54) is 141 Å². The molecule has 0 spiro atoms. The zero-order valence-electron chi connectivity index (χ0n) is 29.0. The summed E-state index contributed by atoms with van der Waals surface area (Å²) >= 11 is 0. The lowest BCUT2D eigenvalue weighted by Gasteiger charge is -2.22. The zero-order chi connectivity index (χ0) is 31.5. The first-order valence-corrected chi connectivity index (χ1v) is 19.0. The van der Waals surface area contributed by atoms with Gasteiger partial charge in [-0.15, -0.1) is 0 Å². The Kier molecular flexibility index (Phi) is 34.4. The Morgan fingerprint density at radius 1 is 0.558 bits per heavy atom. The Morgan fingerprint density at radius 2 is 0.953 bits per heavy atom. The molecule has 2 atom stereocenters. The summed E-state index contributed by atoms with van der Waals surface area (Å²) in [7, 11) is 0. The first-order valence-electron chi connectivity index (χ1n) is 19.0. The Bertz CT molecular complexity index is 618. The second-order valence-electron chi connectivity index (χ2n) is 13.0. The van der Waals surface area contributed by atoms with Crippen molar-refractivity contribution in [3.05, 3.63) is 24.3 Å². The van der Waals surface area contributed by atoms with Crippen LogP contribution in [0.25, 0.3) is 0 Å². The molecule has 3 N–H and O–H groups in total. The molecular weight excluding hydrogens is 530 g/mol. The number of unbranched alkanes of at least 4 members (excludes halogenated alkanes) is 23. The fraction of sp³-hybridized carbons (Fsp3) is 0.872. The smallest absolute Gasteiger partial charge is 0.220 e. The zero-order valence-corrected chi connectivity index (χ0v) is 29.0. The predicted molar refractivity (Wildman–Crippen MR) is 189 cm³/mol. The van der Waals surface area contributed by atoms with Gasteiger partial charge in [-0.25, -0.2) is 0 Å². The third-order valence-corrected chi connectivity index (χ3v) is 8.72. The molecule has 0 aromatic carbocycles. The monoisotopic (exact) mass is 606 g/mol. The first-order chi connectivity index (χ1) is 21.2. The van der Waals surface area contributed by atoms with Gasteiger partial charge in [-0.1, -0.05) is 173 Å². The summed E-state index contributed by atoms with van der Waals surface area (Å²) in [5.41, 5.74) is 0. The minimum atomic E-state index is -0.657. The summed E-state index contributed by atoms with van der Waals surface area (Å²) in [6, 6.07) is -0.534. The van der Waals surface area contributed by atoms with Gasteiger partial charge in [0.25, 0.3) is 0 Å². The van der Waals surface area contributed by atoms with Gasteiger partial charge in [0.15, 0.2) is 0 Å². The maximum atomic E-state index is 12.3. The van der Waals surface area contributed by atoms with E-state index in [9.17, 15) is 15.0 Å². The van der Waals surface area contributed by atoms with Crippen LogP contribution in [0.5, 0.6) is 0 Å². The molecule has 0 aliphatic rings. The lowest BCUT2D eigenvalue weighted by Crippen LogP contribution is -2.45. The van der Waals surface area contributed by atoms with E-state index in [-0.39, 0.29) is 12.5 Å². The van der Waals surface area contributed by atoms with Crippen LogP contribution in [0.3, 0.4) is 0 Å². The molecule has 0 aliphatic carbocycles. The van der Waals surface area contributed by atoms with E-state index in [1.807, 2.05) is 0 Å². The average Bonchev–Trinajstić information content (AvgIpc) is 3.01. The molecule has 0 bridgehead atoms. The maximum Gasteiger partial charge on any atom is 0.220 e. The Balaban J connectivity index is 3.53. The van der Waals surface area contributed by atoms with Crippen LogP contribution in [0.1, 0.15) is 200 Å². The van der Waals surface area contributed by atoms with E-state index in [2.05, 4.69) is 43.5 Å². The number of nitrogens with one attached hydrogen (secondary N) is 1. The highest BCUT2D eigenvalue weighted by Gasteiger charge is 2.19. The van der Waals surface area contributed by atoms with Crippen molar-refractivity contribution in [3.63, 3.8) is 0 Å².